The average molecular weight is 211 g/mol. The van der Waals surface area contributed by atoms with E-state index in [1.54, 1.807) is 0 Å². The van der Waals surface area contributed by atoms with Crippen molar-refractivity contribution in [3.8, 4) is 5.75 Å². The highest BCUT2D eigenvalue weighted by molar-refractivity contribution is 6.30. The molecule has 1 fully saturated rings. The summed E-state index contributed by atoms with van der Waals surface area (Å²) in [5, 5.41) is 0.779. The van der Waals surface area contributed by atoms with E-state index in [0.29, 0.717) is 6.10 Å². The summed E-state index contributed by atoms with van der Waals surface area (Å²) in [6.45, 7) is 2.04. The molecule has 1 aliphatic carbocycles. The van der Waals surface area contributed by atoms with Gasteiger partial charge in [0.05, 0.1) is 6.10 Å². The van der Waals surface area contributed by atoms with Gasteiger partial charge in [-0.05, 0) is 56.4 Å². The third kappa shape index (κ3) is 2.21. The highest BCUT2D eigenvalue weighted by atomic mass is 35.5. The number of benzene rings is 1. The Bertz CT molecular complexity index is 316. The largest absolute Gasteiger partial charge is 0.490 e. The summed E-state index contributed by atoms with van der Waals surface area (Å²) in [6.07, 6.45) is 5.42. The molecule has 0 amide bonds. The fourth-order valence-corrected chi connectivity index (χ4v) is 2.16. The van der Waals surface area contributed by atoms with E-state index in [9.17, 15) is 0 Å². The van der Waals surface area contributed by atoms with E-state index in [1.165, 1.54) is 25.7 Å². The Morgan fingerprint density at radius 2 is 2.00 bits per heavy atom. The number of halogens is 1. The van der Waals surface area contributed by atoms with Crippen LogP contribution >= 0.6 is 11.6 Å². The summed E-state index contributed by atoms with van der Waals surface area (Å²) in [5.74, 6) is 0.987. The first-order valence-electron chi connectivity index (χ1n) is 5.18. The van der Waals surface area contributed by atoms with Crippen LogP contribution in [-0.2, 0) is 0 Å². The highest BCUT2D eigenvalue weighted by Gasteiger charge is 2.17. The summed E-state index contributed by atoms with van der Waals surface area (Å²) in [4.78, 5) is 0. The van der Waals surface area contributed by atoms with Crippen LogP contribution in [0.3, 0.4) is 0 Å². The molecule has 0 heterocycles. The van der Waals surface area contributed by atoms with Crippen LogP contribution in [-0.4, -0.2) is 6.10 Å². The maximum absolute atomic E-state index is 5.90. The molecule has 0 unspecified atom stereocenters. The van der Waals surface area contributed by atoms with Crippen LogP contribution < -0.4 is 4.74 Å². The normalized spacial score (nSPS) is 17.3. The fourth-order valence-electron chi connectivity index (χ4n) is 1.93. The molecule has 0 aromatic heterocycles. The number of ether oxygens (including phenoxy) is 1. The van der Waals surface area contributed by atoms with E-state index >= 15 is 0 Å². The topological polar surface area (TPSA) is 9.23 Å². The zero-order chi connectivity index (χ0) is 9.97. The van der Waals surface area contributed by atoms with Crippen molar-refractivity contribution in [2.45, 2.75) is 38.7 Å². The Labute approximate surface area is 90.0 Å². The van der Waals surface area contributed by atoms with Gasteiger partial charge in [0.25, 0.3) is 0 Å². The van der Waals surface area contributed by atoms with Crippen molar-refractivity contribution in [1.82, 2.24) is 0 Å². The smallest absolute Gasteiger partial charge is 0.122 e. The van der Waals surface area contributed by atoms with E-state index < -0.39 is 0 Å². The molecule has 0 bridgehead atoms. The molecule has 0 saturated heterocycles. The molecular formula is C12H15ClO. The summed E-state index contributed by atoms with van der Waals surface area (Å²) in [5.41, 5.74) is 1.13. The summed E-state index contributed by atoms with van der Waals surface area (Å²) >= 11 is 5.88. The van der Waals surface area contributed by atoms with E-state index in [0.717, 1.165) is 16.3 Å². The number of rotatable bonds is 2. The van der Waals surface area contributed by atoms with Gasteiger partial charge in [0, 0.05) is 5.02 Å². The van der Waals surface area contributed by atoms with Gasteiger partial charge in [-0.2, -0.15) is 0 Å². The molecular weight excluding hydrogens is 196 g/mol. The van der Waals surface area contributed by atoms with Crippen molar-refractivity contribution in [3.63, 3.8) is 0 Å². The van der Waals surface area contributed by atoms with Gasteiger partial charge in [0.2, 0.25) is 0 Å². The minimum absolute atomic E-state index is 0.426. The molecule has 14 heavy (non-hydrogen) atoms. The second kappa shape index (κ2) is 4.22. The van der Waals surface area contributed by atoms with E-state index in [4.69, 9.17) is 16.3 Å². The van der Waals surface area contributed by atoms with Gasteiger partial charge in [0.1, 0.15) is 5.75 Å². The van der Waals surface area contributed by atoms with Crippen molar-refractivity contribution in [1.29, 1.82) is 0 Å². The summed E-state index contributed by atoms with van der Waals surface area (Å²) in [7, 11) is 0. The van der Waals surface area contributed by atoms with Crippen molar-refractivity contribution < 1.29 is 4.74 Å². The Kier molecular flexibility index (Phi) is 2.97. The Morgan fingerprint density at radius 1 is 1.29 bits per heavy atom. The molecule has 0 atom stereocenters. The molecule has 0 N–H and O–H groups in total. The van der Waals surface area contributed by atoms with E-state index in [2.05, 4.69) is 0 Å². The number of hydrogen-bond donors (Lipinski definition) is 0. The second-order valence-corrected chi connectivity index (χ2v) is 4.37. The van der Waals surface area contributed by atoms with Gasteiger partial charge in [-0.3, -0.25) is 0 Å². The minimum Gasteiger partial charge on any atom is -0.490 e. The van der Waals surface area contributed by atoms with Crippen LogP contribution in [0.4, 0.5) is 0 Å². The van der Waals surface area contributed by atoms with Crippen LogP contribution in [0.2, 0.25) is 5.02 Å². The van der Waals surface area contributed by atoms with Gasteiger partial charge in [-0.15, -0.1) is 0 Å². The lowest BCUT2D eigenvalue weighted by atomic mass is 10.2. The Hall–Kier alpha value is -0.690. The van der Waals surface area contributed by atoms with Crippen LogP contribution in [0.15, 0.2) is 18.2 Å². The number of hydrogen-bond acceptors (Lipinski definition) is 1. The van der Waals surface area contributed by atoms with Crippen LogP contribution in [0.5, 0.6) is 5.75 Å². The van der Waals surface area contributed by atoms with Gasteiger partial charge < -0.3 is 4.74 Å². The first-order valence-corrected chi connectivity index (χ1v) is 5.56. The summed E-state index contributed by atoms with van der Waals surface area (Å²) < 4.78 is 5.90. The molecule has 1 nitrogen and oxygen atoms in total. The molecule has 1 aromatic rings. The van der Waals surface area contributed by atoms with Crippen LogP contribution in [0, 0.1) is 6.92 Å². The summed E-state index contributed by atoms with van der Waals surface area (Å²) in [6, 6.07) is 5.81. The van der Waals surface area contributed by atoms with Crippen molar-refractivity contribution in [2.24, 2.45) is 0 Å². The molecule has 76 valence electrons. The molecule has 0 radical (unpaired) electrons. The number of aryl methyl sites for hydroxylation is 1. The minimum atomic E-state index is 0.426. The van der Waals surface area contributed by atoms with Crippen molar-refractivity contribution in [2.75, 3.05) is 0 Å². The lowest BCUT2D eigenvalue weighted by molar-refractivity contribution is 0.208. The van der Waals surface area contributed by atoms with Crippen molar-refractivity contribution in [3.05, 3.63) is 28.8 Å². The van der Waals surface area contributed by atoms with E-state index in [-0.39, 0.29) is 0 Å². The molecule has 2 heteroatoms. The monoisotopic (exact) mass is 210 g/mol. The maximum Gasteiger partial charge on any atom is 0.122 e. The second-order valence-electron chi connectivity index (χ2n) is 3.93. The molecule has 0 spiro atoms. The fraction of sp³-hybridized carbons (Fsp3) is 0.500. The Balaban J connectivity index is 2.08. The molecule has 1 aromatic carbocycles. The van der Waals surface area contributed by atoms with Gasteiger partial charge >= 0.3 is 0 Å². The molecule has 1 saturated carbocycles. The standard InChI is InChI=1S/C12H15ClO/c1-9-8-10(13)6-7-12(9)14-11-4-2-3-5-11/h6-8,11H,2-5H2,1H3. The Morgan fingerprint density at radius 3 is 2.64 bits per heavy atom. The first kappa shape index (κ1) is 9.85. The van der Waals surface area contributed by atoms with Crippen LogP contribution in [0.1, 0.15) is 31.2 Å². The van der Waals surface area contributed by atoms with Gasteiger partial charge in [0.15, 0.2) is 0 Å². The van der Waals surface area contributed by atoms with Crippen molar-refractivity contribution >= 4 is 11.6 Å². The zero-order valence-electron chi connectivity index (χ0n) is 8.42. The highest BCUT2D eigenvalue weighted by Crippen LogP contribution is 2.27. The molecule has 0 aliphatic heterocycles. The lowest BCUT2D eigenvalue weighted by Crippen LogP contribution is -2.11. The maximum atomic E-state index is 5.90. The third-order valence-electron chi connectivity index (χ3n) is 2.73. The quantitative estimate of drug-likeness (QED) is 0.718. The van der Waals surface area contributed by atoms with E-state index in [1.807, 2.05) is 25.1 Å². The first-order chi connectivity index (χ1) is 6.75. The van der Waals surface area contributed by atoms with Gasteiger partial charge in [-0.25, -0.2) is 0 Å². The predicted octanol–water partition coefficient (Wildman–Crippen LogP) is 3.97. The molecule has 2 rings (SSSR count). The van der Waals surface area contributed by atoms with Gasteiger partial charge in [-0.1, -0.05) is 11.6 Å². The lowest BCUT2D eigenvalue weighted by Gasteiger charge is -2.14. The predicted molar refractivity (Wildman–Crippen MR) is 59.1 cm³/mol. The average Bonchev–Trinajstić information content (AvgIpc) is 2.62. The molecule has 1 aliphatic rings. The third-order valence-corrected chi connectivity index (χ3v) is 2.97. The van der Waals surface area contributed by atoms with Crippen LogP contribution in [0.25, 0.3) is 0 Å². The zero-order valence-corrected chi connectivity index (χ0v) is 9.18. The SMILES string of the molecule is Cc1cc(Cl)ccc1OC1CCCC1.